The molecule has 0 aromatic heterocycles. The summed E-state index contributed by atoms with van der Waals surface area (Å²) in [5, 5.41) is 0. The molecule has 178 valence electrons. The van der Waals surface area contributed by atoms with Gasteiger partial charge in [-0.1, -0.05) is 19.1 Å². The largest absolute Gasteiger partial charge is 0.486 e. The number of sulfonamides is 1. The smallest absolute Gasteiger partial charge is 0.253 e. The molecule has 4 rings (SSSR count). The van der Waals surface area contributed by atoms with Crippen LogP contribution >= 0.6 is 0 Å². The first-order valence-corrected chi connectivity index (χ1v) is 12.9. The zero-order chi connectivity index (χ0) is 23.8. The molecular formula is C25H32N2O5S. The third-order valence-corrected chi connectivity index (χ3v) is 8.64. The lowest BCUT2D eigenvalue weighted by molar-refractivity contribution is 0.0520. The molecular weight excluding hydrogens is 440 g/mol. The third-order valence-electron chi connectivity index (χ3n) is 6.62. The molecule has 2 heterocycles. The summed E-state index contributed by atoms with van der Waals surface area (Å²) in [6, 6.07) is 10.7. The van der Waals surface area contributed by atoms with Gasteiger partial charge >= 0.3 is 0 Å². The minimum atomic E-state index is -3.66. The molecule has 2 aliphatic heterocycles. The van der Waals surface area contributed by atoms with Crippen LogP contribution in [-0.4, -0.2) is 62.9 Å². The molecule has 1 amide bonds. The predicted molar refractivity (Wildman–Crippen MR) is 126 cm³/mol. The fourth-order valence-electron chi connectivity index (χ4n) is 4.34. The van der Waals surface area contributed by atoms with Crippen molar-refractivity contribution in [3.05, 3.63) is 53.1 Å². The number of ether oxygens (including phenoxy) is 2. The number of carbonyl (C=O) groups is 1. The van der Waals surface area contributed by atoms with E-state index in [1.54, 1.807) is 29.2 Å². The van der Waals surface area contributed by atoms with Crippen LogP contribution in [0.1, 0.15) is 41.3 Å². The van der Waals surface area contributed by atoms with Crippen LogP contribution in [0, 0.1) is 19.8 Å². The Balaban J connectivity index is 1.53. The first-order chi connectivity index (χ1) is 15.7. The SMILES string of the molecule is Cc1cc(C(=O)N(C)C[C@@H]2COc3ccccc3O2)cc(S(=O)(=O)N2CCC(C)CC2)c1C. The molecule has 2 aliphatic rings. The number of fused-ring (bicyclic) bond motifs is 1. The van der Waals surface area contributed by atoms with E-state index in [2.05, 4.69) is 6.92 Å². The van der Waals surface area contributed by atoms with Gasteiger partial charge in [-0.05, 0) is 68.0 Å². The summed E-state index contributed by atoms with van der Waals surface area (Å²) >= 11 is 0. The predicted octanol–water partition coefficient (Wildman–Crippen LogP) is 3.64. The zero-order valence-electron chi connectivity index (χ0n) is 19.7. The summed E-state index contributed by atoms with van der Waals surface area (Å²) in [5.74, 6) is 1.63. The maximum atomic E-state index is 13.4. The van der Waals surface area contributed by atoms with Gasteiger partial charge in [0.1, 0.15) is 6.61 Å². The highest BCUT2D eigenvalue weighted by molar-refractivity contribution is 7.89. The summed E-state index contributed by atoms with van der Waals surface area (Å²) in [5.41, 5.74) is 1.83. The molecule has 8 heteroatoms. The van der Waals surface area contributed by atoms with Gasteiger partial charge in [0, 0.05) is 25.7 Å². The van der Waals surface area contributed by atoms with Crippen LogP contribution in [0.25, 0.3) is 0 Å². The van der Waals surface area contributed by atoms with Crippen LogP contribution in [0.3, 0.4) is 0 Å². The monoisotopic (exact) mass is 472 g/mol. The molecule has 1 saturated heterocycles. The highest BCUT2D eigenvalue weighted by atomic mass is 32.2. The number of benzene rings is 2. The van der Waals surface area contributed by atoms with Gasteiger partial charge in [0.25, 0.3) is 5.91 Å². The first kappa shape index (κ1) is 23.6. The van der Waals surface area contributed by atoms with E-state index in [1.165, 1.54) is 6.07 Å². The van der Waals surface area contributed by atoms with E-state index >= 15 is 0 Å². The number of para-hydroxylation sites is 2. The van der Waals surface area contributed by atoms with Gasteiger partial charge in [-0.3, -0.25) is 4.79 Å². The molecule has 1 fully saturated rings. The summed E-state index contributed by atoms with van der Waals surface area (Å²) in [6.07, 6.45) is 1.40. The second kappa shape index (κ2) is 9.35. The number of likely N-dealkylation sites (N-methyl/N-ethyl adjacent to an activating group) is 1. The number of hydrogen-bond acceptors (Lipinski definition) is 5. The molecule has 1 atom stereocenters. The number of amides is 1. The van der Waals surface area contributed by atoms with E-state index in [4.69, 9.17) is 9.47 Å². The molecule has 0 radical (unpaired) electrons. The molecule has 2 aromatic carbocycles. The molecule has 0 spiro atoms. The van der Waals surface area contributed by atoms with Gasteiger partial charge in [-0.25, -0.2) is 8.42 Å². The van der Waals surface area contributed by atoms with Crippen molar-refractivity contribution in [3.8, 4) is 11.5 Å². The zero-order valence-corrected chi connectivity index (χ0v) is 20.5. The van der Waals surface area contributed by atoms with Crippen molar-refractivity contribution in [2.75, 3.05) is 33.3 Å². The number of rotatable bonds is 5. The maximum absolute atomic E-state index is 13.4. The molecule has 7 nitrogen and oxygen atoms in total. The quantitative estimate of drug-likeness (QED) is 0.664. The minimum Gasteiger partial charge on any atom is -0.486 e. The molecule has 0 saturated carbocycles. The van der Waals surface area contributed by atoms with Gasteiger partial charge in [-0.2, -0.15) is 4.31 Å². The Bertz CT molecular complexity index is 1140. The molecule has 0 bridgehead atoms. The highest BCUT2D eigenvalue weighted by Gasteiger charge is 2.31. The second-order valence-electron chi connectivity index (χ2n) is 9.19. The molecule has 0 N–H and O–H groups in total. The normalized spacial score (nSPS) is 19.3. The second-order valence-corrected chi connectivity index (χ2v) is 11.1. The molecule has 33 heavy (non-hydrogen) atoms. The Labute approximate surface area is 196 Å². The Hall–Kier alpha value is -2.58. The van der Waals surface area contributed by atoms with Crippen molar-refractivity contribution in [1.82, 2.24) is 9.21 Å². The minimum absolute atomic E-state index is 0.222. The van der Waals surface area contributed by atoms with Crippen LogP contribution in [0.4, 0.5) is 0 Å². The van der Waals surface area contributed by atoms with E-state index in [1.807, 2.05) is 31.2 Å². The first-order valence-electron chi connectivity index (χ1n) is 11.4. The van der Waals surface area contributed by atoms with Gasteiger partial charge in [0.05, 0.1) is 11.4 Å². The molecule has 2 aromatic rings. The Morgan fingerprint density at radius 1 is 1.12 bits per heavy atom. The van der Waals surface area contributed by atoms with Crippen molar-refractivity contribution in [3.63, 3.8) is 0 Å². The van der Waals surface area contributed by atoms with Gasteiger partial charge < -0.3 is 14.4 Å². The summed E-state index contributed by atoms with van der Waals surface area (Å²) < 4.78 is 40.1. The van der Waals surface area contributed by atoms with E-state index in [9.17, 15) is 13.2 Å². The average molecular weight is 473 g/mol. The Morgan fingerprint density at radius 3 is 2.48 bits per heavy atom. The fraction of sp³-hybridized carbons (Fsp3) is 0.480. The fourth-order valence-corrected chi connectivity index (χ4v) is 6.14. The van der Waals surface area contributed by atoms with E-state index in [0.717, 1.165) is 18.4 Å². The molecule has 0 unspecified atom stereocenters. The van der Waals surface area contributed by atoms with Crippen molar-refractivity contribution in [2.24, 2.45) is 5.92 Å². The number of aryl methyl sites for hydroxylation is 1. The van der Waals surface area contributed by atoms with E-state index in [0.29, 0.717) is 54.8 Å². The Kier molecular flexibility index (Phi) is 6.68. The van der Waals surface area contributed by atoms with Crippen LogP contribution < -0.4 is 9.47 Å². The van der Waals surface area contributed by atoms with Crippen molar-refractivity contribution in [2.45, 2.75) is 44.6 Å². The average Bonchev–Trinajstić information content (AvgIpc) is 2.80. The lowest BCUT2D eigenvalue weighted by Gasteiger charge is -2.31. The summed E-state index contributed by atoms with van der Waals surface area (Å²) in [6.45, 7) is 7.49. The van der Waals surface area contributed by atoms with Crippen molar-refractivity contribution >= 4 is 15.9 Å². The van der Waals surface area contributed by atoms with Gasteiger partial charge in [0.15, 0.2) is 17.6 Å². The number of piperidine rings is 1. The van der Waals surface area contributed by atoms with E-state index < -0.39 is 10.0 Å². The highest BCUT2D eigenvalue weighted by Crippen LogP contribution is 2.31. The Morgan fingerprint density at radius 2 is 1.79 bits per heavy atom. The lowest BCUT2D eigenvalue weighted by atomic mass is 10.0. The van der Waals surface area contributed by atoms with Gasteiger partial charge in [-0.15, -0.1) is 0 Å². The summed E-state index contributed by atoms with van der Waals surface area (Å²) in [7, 11) is -1.97. The topological polar surface area (TPSA) is 76.1 Å². The third kappa shape index (κ3) is 4.87. The maximum Gasteiger partial charge on any atom is 0.253 e. The van der Waals surface area contributed by atoms with Crippen molar-refractivity contribution < 1.29 is 22.7 Å². The standard InChI is InChI=1S/C25H32N2O5S/c1-17-9-11-27(12-10-17)33(29,30)24-14-20(13-18(2)19(24)3)25(28)26(4)15-21-16-31-22-7-5-6-8-23(22)32-21/h5-8,13-14,17,21H,9-12,15-16H2,1-4H3/t21-/m1/s1. The van der Waals surface area contributed by atoms with E-state index in [-0.39, 0.29) is 16.9 Å². The van der Waals surface area contributed by atoms with Crippen LogP contribution in [0.2, 0.25) is 0 Å². The van der Waals surface area contributed by atoms with Crippen LogP contribution in [0.15, 0.2) is 41.3 Å². The number of nitrogens with zero attached hydrogens (tertiary/aromatic N) is 2. The number of hydrogen-bond donors (Lipinski definition) is 0. The lowest BCUT2D eigenvalue weighted by Crippen LogP contribution is -2.42. The van der Waals surface area contributed by atoms with Crippen LogP contribution in [0.5, 0.6) is 11.5 Å². The number of carbonyl (C=O) groups excluding carboxylic acids is 1. The molecule has 0 aliphatic carbocycles. The van der Waals surface area contributed by atoms with Crippen LogP contribution in [-0.2, 0) is 10.0 Å². The summed E-state index contributed by atoms with van der Waals surface area (Å²) in [4.78, 5) is 15.0. The van der Waals surface area contributed by atoms with Crippen molar-refractivity contribution in [1.29, 1.82) is 0 Å². The van der Waals surface area contributed by atoms with Gasteiger partial charge in [0.2, 0.25) is 10.0 Å².